The van der Waals surface area contributed by atoms with Crippen molar-refractivity contribution in [3.8, 4) is 0 Å². The Labute approximate surface area is 246 Å². The molecular formula is C38H42N3+. The van der Waals surface area contributed by atoms with Gasteiger partial charge in [-0.1, -0.05) is 60.2 Å². The third-order valence-electron chi connectivity index (χ3n) is 8.09. The Hall–Kier alpha value is -4.37. The third-order valence-corrected chi connectivity index (χ3v) is 8.09. The molecule has 41 heavy (non-hydrogen) atoms. The summed E-state index contributed by atoms with van der Waals surface area (Å²) in [4.78, 5) is 8.45. The number of benzene rings is 4. The minimum absolute atomic E-state index is 0.999. The molecule has 0 aliphatic heterocycles. The summed E-state index contributed by atoms with van der Waals surface area (Å²) in [5.41, 5.74) is 13.4. The van der Waals surface area contributed by atoms with Crippen LogP contribution in [0.3, 0.4) is 0 Å². The largest absolute Gasteiger partial charge is 0.372 e. The van der Waals surface area contributed by atoms with Crippen LogP contribution in [0, 0.1) is 6.92 Å². The SMILES string of the molecule is CCN(CC)c1ccc(C(=C2C=CC(=[NH+]c3ccc(C)cc3)c3ccccc32)c2ccc(N(CC)CC)cc2)cc1. The highest BCUT2D eigenvalue weighted by atomic mass is 15.1. The van der Waals surface area contributed by atoms with Crippen LogP contribution in [0.2, 0.25) is 0 Å². The lowest BCUT2D eigenvalue weighted by atomic mass is 9.83. The van der Waals surface area contributed by atoms with Crippen molar-refractivity contribution in [1.82, 2.24) is 0 Å². The van der Waals surface area contributed by atoms with Crippen LogP contribution in [0.25, 0.3) is 11.1 Å². The molecule has 0 spiro atoms. The highest BCUT2D eigenvalue weighted by molar-refractivity contribution is 6.17. The summed E-state index contributed by atoms with van der Waals surface area (Å²) >= 11 is 0. The molecule has 0 saturated heterocycles. The molecule has 1 N–H and O–H groups in total. The lowest BCUT2D eigenvalue weighted by molar-refractivity contribution is -0.351. The topological polar surface area (TPSA) is 20.5 Å². The van der Waals surface area contributed by atoms with E-state index < -0.39 is 0 Å². The van der Waals surface area contributed by atoms with Gasteiger partial charge in [0, 0.05) is 55.8 Å². The fourth-order valence-electron chi connectivity index (χ4n) is 5.75. The quantitative estimate of drug-likeness (QED) is 0.238. The van der Waals surface area contributed by atoms with Crippen molar-refractivity contribution in [2.75, 3.05) is 36.0 Å². The van der Waals surface area contributed by atoms with Gasteiger partial charge in [0.1, 0.15) is 0 Å². The van der Waals surface area contributed by atoms with Gasteiger partial charge in [0.25, 0.3) is 0 Å². The van der Waals surface area contributed by atoms with E-state index in [1.165, 1.54) is 50.3 Å². The van der Waals surface area contributed by atoms with Crippen molar-refractivity contribution in [3.63, 3.8) is 0 Å². The molecule has 5 rings (SSSR count). The van der Waals surface area contributed by atoms with Crippen LogP contribution in [0.5, 0.6) is 0 Å². The Morgan fingerprint density at radius 1 is 0.561 bits per heavy atom. The van der Waals surface area contributed by atoms with Crippen LogP contribution in [0.4, 0.5) is 17.1 Å². The number of fused-ring (bicyclic) bond motifs is 1. The van der Waals surface area contributed by atoms with Gasteiger partial charge in [0.15, 0.2) is 0 Å². The van der Waals surface area contributed by atoms with Crippen molar-refractivity contribution in [1.29, 1.82) is 0 Å². The smallest absolute Gasteiger partial charge is 0.211 e. The van der Waals surface area contributed by atoms with Crippen molar-refractivity contribution >= 4 is 33.9 Å². The molecule has 0 amide bonds. The number of aryl methyl sites for hydroxylation is 1. The van der Waals surface area contributed by atoms with Crippen molar-refractivity contribution in [2.45, 2.75) is 34.6 Å². The van der Waals surface area contributed by atoms with E-state index in [4.69, 9.17) is 0 Å². The van der Waals surface area contributed by atoms with Gasteiger partial charge in [0.05, 0.1) is 5.56 Å². The Morgan fingerprint density at radius 3 is 1.54 bits per heavy atom. The molecule has 0 saturated carbocycles. The Balaban J connectivity index is 1.67. The number of hydrogen-bond donors (Lipinski definition) is 1. The molecule has 1 aliphatic rings. The molecule has 0 bridgehead atoms. The summed E-state index contributed by atoms with van der Waals surface area (Å²) in [6.45, 7) is 15.0. The van der Waals surface area contributed by atoms with E-state index in [-0.39, 0.29) is 0 Å². The summed E-state index contributed by atoms with van der Waals surface area (Å²) in [7, 11) is 0. The summed E-state index contributed by atoms with van der Waals surface area (Å²) < 4.78 is 0. The van der Waals surface area contributed by atoms with E-state index in [2.05, 4.69) is 159 Å². The standard InChI is InChI=1S/C38H41N3/c1-6-40(7-2)32-22-16-29(17-23-32)38(30-18-24-33(25-19-30)41(8-3)9-4)36-26-27-37(35-13-11-10-12-34(35)36)39-31-20-14-28(5)15-21-31/h10-27H,6-9H2,1-5H3/p+1. The van der Waals surface area contributed by atoms with Crippen molar-refractivity contribution < 1.29 is 4.99 Å². The highest BCUT2D eigenvalue weighted by Crippen LogP contribution is 2.37. The normalized spacial score (nSPS) is 13.3. The summed E-state index contributed by atoms with van der Waals surface area (Å²) in [5.74, 6) is 0. The van der Waals surface area contributed by atoms with E-state index in [1.807, 2.05) is 0 Å². The molecule has 0 heterocycles. The lowest BCUT2D eigenvalue weighted by Gasteiger charge is -2.24. The fraction of sp³-hybridized carbons (Fsp3) is 0.237. The summed E-state index contributed by atoms with van der Waals surface area (Å²) in [6, 6.07) is 35.5. The predicted octanol–water partition coefficient (Wildman–Crippen LogP) is 7.42. The average molecular weight is 541 g/mol. The van der Waals surface area contributed by atoms with Crippen LogP contribution in [0.15, 0.2) is 109 Å². The minimum Gasteiger partial charge on any atom is -0.372 e. The van der Waals surface area contributed by atoms with E-state index >= 15 is 0 Å². The first-order chi connectivity index (χ1) is 20.1. The van der Waals surface area contributed by atoms with E-state index in [9.17, 15) is 0 Å². The Kier molecular flexibility index (Phi) is 8.84. The van der Waals surface area contributed by atoms with Crippen molar-refractivity contribution in [3.05, 3.63) is 137 Å². The number of rotatable bonds is 9. The number of nitrogens with zero attached hydrogens (tertiary/aromatic N) is 2. The van der Waals surface area contributed by atoms with Crippen LogP contribution in [0.1, 0.15) is 55.5 Å². The first-order valence-electron chi connectivity index (χ1n) is 15.0. The number of hydrogen-bond acceptors (Lipinski definition) is 2. The zero-order valence-corrected chi connectivity index (χ0v) is 25.1. The zero-order chi connectivity index (χ0) is 28.8. The predicted molar refractivity (Wildman–Crippen MR) is 177 cm³/mol. The molecule has 3 heteroatoms. The van der Waals surface area contributed by atoms with Gasteiger partial charge in [-0.3, -0.25) is 0 Å². The highest BCUT2D eigenvalue weighted by Gasteiger charge is 2.23. The molecule has 0 unspecified atom stereocenters. The van der Waals surface area contributed by atoms with Gasteiger partial charge < -0.3 is 9.80 Å². The second-order valence-electron chi connectivity index (χ2n) is 10.5. The van der Waals surface area contributed by atoms with E-state index in [0.717, 1.165) is 37.6 Å². The number of anilines is 2. The van der Waals surface area contributed by atoms with Gasteiger partial charge in [0.2, 0.25) is 11.4 Å². The van der Waals surface area contributed by atoms with E-state index in [1.54, 1.807) is 0 Å². The summed E-state index contributed by atoms with van der Waals surface area (Å²) in [6.07, 6.45) is 4.51. The molecular weight excluding hydrogens is 498 g/mol. The molecule has 0 radical (unpaired) electrons. The molecule has 208 valence electrons. The fourth-order valence-corrected chi connectivity index (χ4v) is 5.75. The molecule has 3 nitrogen and oxygen atoms in total. The second kappa shape index (κ2) is 12.9. The number of nitrogens with one attached hydrogen (secondary N) is 1. The Morgan fingerprint density at radius 2 is 1.05 bits per heavy atom. The van der Waals surface area contributed by atoms with Gasteiger partial charge in [-0.05, 0) is 98.9 Å². The molecule has 4 aromatic carbocycles. The Bertz CT molecular complexity index is 1490. The molecule has 4 aromatic rings. The van der Waals surface area contributed by atoms with Crippen LogP contribution < -0.4 is 14.8 Å². The first-order valence-corrected chi connectivity index (χ1v) is 15.0. The zero-order valence-electron chi connectivity index (χ0n) is 25.1. The maximum Gasteiger partial charge on any atom is 0.211 e. The van der Waals surface area contributed by atoms with Gasteiger partial charge >= 0.3 is 0 Å². The number of allylic oxidation sites excluding steroid dienone is 3. The summed E-state index contributed by atoms with van der Waals surface area (Å²) in [5, 5.41) is 0. The third kappa shape index (κ3) is 6.05. The molecule has 0 atom stereocenters. The van der Waals surface area contributed by atoms with Gasteiger partial charge in [-0.15, -0.1) is 0 Å². The van der Waals surface area contributed by atoms with Gasteiger partial charge in [-0.25, -0.2) is 4.99 Å². The molecule has 1 aliphatic carbocycles. The monoisotopic (exact) mass is 540 g/mol. The van der Waals surface area contributed by atoms with E-state index in [0.29, 0.717) is 0 Å². The maximum absolute atomic E-state index is 3.67. The van der Waals surface area contributed by atoms with Crippen LogP contribution in [-0.4, -0.2) is 31.9 Å². The van der Waals surface area contributed by atoms with Crippen molar-refractivity contribution in [2.24, 2.45) is 0 Å². The van der Waals surface area contributed by atoms with Gasteiger partial charge in [-0.2, -0.15) is 0 Å². The molecule has 0 fully saturated rings. The molecule has 0 aromatic heterocycles. The second-order valence-corrected chi connectivity index (χ2v) is 10.5. The first kappa shape index (κ1) is 28.2. The maximum atomic E-state index is 3.67. The lowest BCUT2D eigenvalue weighted by Crippen LogP contribution is -2.66. The average Bonchev–Trinajstić information content (AvgIpc) is 3.02. The minimum atomic E-state index is 0.999. The van der Waals surface area contributed by atoms with Crippen LogP contribution >= 0.6 is 0 Å². The van der Waals surface area contributed by atoms with Crippen LogP contribution in [-0.2, 0) is 0 Å².